The van der Waals surface area contributed by atoms with Crippen molar-refractivity contribution in [1.82, 2.24) is 21.3 Å². The zero-order valence-corrected chi connectivity index (χ0v) is 18.5. The van der Waals surface area contributed by atoms with Crippen LogP contribution in [-0.2, 0) is 24.0 Å². The molecule has 14 nitrogen and oxygen atoms in total. The van der Waals surface area contributed by atoms with Gasteiger partial charge in [-0.15, -0.1) is 0 Å². The Morgan fingerprint density at radius 2 is 1.88 bits per heavy atom. The van der Waals surface area contributed by atoms with E-state index >= 15 is 0 Å². The average Bonchev–Trinajstić information content (AvgIpc) is 3.27. The van der Waals surface area contributed by atoms with Crippen LogP contribution in [0.15, 0.2) is 4.99 Å². The smallest absolute Gasteiger partial charge is 0.305 e. The molecule has 14 heteroatoms. The molecule has 0 aromatic rings. The maximum absolute atomic E-state index is 12.7. The summed E-state index contributed by atoms with van der Waals surface area (Å²) in [5.41, 5.74) is 10.4. The van der Waals surface area contributed by atoms with Gasteiger partial charge in [-0.25, -0.2) is 0 Å². The molecule has 0 aromatic heterocycles. The minimum Gasteiger partial charge on any atom is -0.481 e. The quantitative estimate of drug-likeness (QED) is 0.0533. The third-order valence-corrected chi connectivity index (χ3v) is 4.91. The summed E-state index contributed by atoms with van der Waals surface area (Å²) in [5, 5.41) is 29.1. The topological polar surface area (TPSA) is 238 Å². The molecule has 0 radical (unpaired) electrons. The van der Waals surface area contributed by atoms with E-state index in [1.54, 1.807) is 0 Å². The molecule has 10 N–H and O–H groups in total. The lowest BCUT2D eigenvalue weighted by molar-refractivity contribution is -0.141. The number of carbonyl (C=O) groups is 5. The molecule has 0 bridgehead atoms. The van der Waals surface area contributed by atoms with Gasteiger partial charge in [0.2, 0.25) is 17.7 Å². The largest absolute Gasteiger partial charge is 0.481 e. The lowest BCUT2D eigenvalue weighted by Gasteiger charge is -2.25. The van der Waals surface area contributed by atoms with Crippen molar-refractivity contribution in [1.29, 1.82) is 0 Å². The van der Waals surface area contributed by atoms with Gasteiger partial charge in [0, 0.05) is 6.54 Å². The number of nitrogens with one attached hydrogen (secondary N) is 4. The second-order valence-electron chi connectivity index (χ2n) is 7.73. The van der Waals surface area contributed by atoms with Crippen molar-refractivity contribution in [2.24, 2.45) is 16.5 Å². The van der Waals surface area contributed by atoms with Gasteiger partial charge in [0.05, 0.1) is 24.6 Å². The fourth-order valence-electron chi connectivity index (χ4n) is 3.19. The highest BCUT2D eigenvalue weighted by atomic mass is 16.4. The van der Waals surface area contributed by atoms with Gasteiger partial charge in [-0.1, -0.05) is 0 Å². The van der Waals surface area contributed by atoms with Crippen molar-refractivity contribution in [2.45, 2.75) is 69.3 Å². The Balaban J connectivity index is 2.78. The molecule has 1 aliphatic rings. The number of rotatable bonds is 14. The Hall–Kier alpha value is -3.26. The highest BCUT2D eigenvalue weighted by Crippen LogP contribution is 2.07. The molecule has 0 saturated carbocycles. The van der Waals surface area contributed by atoms with Gasteiger partial charge in [-0.3, -0.25) is 24.2 Å². The fraction of sp³-hybridized carbons (Fsp3) is 0.684. The molecule has 1 heterocycles. The molecule has 3 amide bonds. The first-order valence-corrected chi connectivity index (χ1v) is 10.6. The van der Waals surface area contributed by atoms with Crippen molar-refractivity contribution in [3.8, 4) is 0 Å². The normalized spacial score (nSPS) is 18.8. The number of amides is 3. The number of guanidine groups is 1. The van der Waals surface area contributed by atoms with Crippen LogP contribution in [0.5, 0.6) is 0 Å². The fourth-order valence-corrected chi connectivity index (χ4v) is 3.19. The van der Waals surface area contributed by atoms with Gasteiger partial charge >= 0.3 is 5.97 Å². The summed E-state index contributed by atoms with van der Waals surface area (Å²) < 4.78 is 0. The maximum atomic E-state index is 12.7. The van der Waals surface area contributed by atoms with E-state index in [1.165, 1.54) is 6.92 Å². The standard InChI is InChI=1S/C19H33N7O7/c1-10(28)15(18(33)24-11(9-27)4-2-7-23-19(20)21)26-17(32)13(8-14(29)30)25-16(31)12-5-3-6-22-12/h9-13,15,22,28H,2-8H2,1H3,(H,24,33)(H,25,31)(H,26,32)(H,29,30)(H4,20,21,23)/t10-,11+,12+,13+,15+/m1/s1. The van der Waals surface area contributed by atoms with E-state index in [0.29, 0.717) is 25.7 Å². The molecular weight excluding hydrogens is 438 g/mol. The Morgan fingerprint density at radius 1 is 1.18 bits per heavy atom. The first kappa shape index (κ1) is 27.8. The summed E-state index contributed by atoms with van der Waals surface area (Å²) in [7, 11) is 0. The van der Waals surface area contributed by atoms with E-state index in [9.17, 15) is 29.1 Å². The van der Waals surface area contributed by atoms with Gasteiger partial charge in [0.1, 0.15) is 18.4 Å². The lowest BCUT2D eigenvalue weighted by Crippen LogP contribution is -2.59. The van der Waals surface area contributed by atoms with Gasteiger partial charge in [-0.2, -0.15) is 0 Å². The monoisotopic (exact) mass is 471 g/mol. The Bertz CT molecular complexity index is 734. The number of carboxylic acid groups (broad SMARTS) is 1. The van der Waals surface area contributed by atoms with Crippen molar-refractivity contribution in [2.75, 3.05) is 13.1 Å². The first-order valence-electron chi connectivity index (χ1n) is 10.6. The number of carboxylic acids is 1. The van der Waals surface area contributed by atoms with E-state index in [2.05, 4.69) is 26.3 Å². The number of aliphatic carboxylic acids is 1. The van der Waals surface area contributed by atoms with Gasteiger partial charge in [0.25, 0.3) is 0 Å². The number of hydrogen-bond donors (Lipinski definition) is 8. The molecular formula is C19H33N7O7. The van der Waals surface area contributed by atoms with Gasteiger partial charge < -0.3 is 47.7 Å². The molecule has 5 atom stereocenters. The zero-order valence-electron chi connectivity index (χ0n) is 18.5. The third-order valence-electron chi connectivity index (χ3n) is 4.91. The number of aliphatic imine (C=N–C) groups is 1. The van der Waals surface area contributed by atoms with Crippen LogP contribution in [0.25, 0.3) is 0 Å². The number of nitrogens with zero attached hydrogens (tertiary/aromatic N) is 1. The van der Waals surface area contributed by atoms with Crippen LogP contribution in [0.3, 0.4) is 0 Å². The molecule has 33 heavy (non-hydrogen) atoms. The van der Waals surface area contributed by atoms with Crippen LogP contribution < -0.4 is 32.7 Å². The molecule has 1 fully saturated rings. The van der Waals surface area contributed by atoms with Crippen LogP contribution in [0.4, 0.5) is 0 Å². The summed E-state index contributed by atoms with van der Waals surface area (Å²) in [6.07, 6.45) is 0.301. The SMILES string of the molecule is C[C@@H](O)[C@H](NC(=O)[C@H](CC(=O)O)NC(=O)[C@@H]1CCCN1)C(=O)N[C@H](C=O)CCCN=C(N)N. The van der Waals surface area contributed by atoms with E-state index in [4.69, 9.17) is 16.6 Å². The number of nitrogens with two attached hydrogens (primary N) is 2. The Labute approximate surface area is 190 Å². The molecule has 1 rings (SSSR count). The van der Waals surface area contributed by atoms with Crippen molar-refractivity contribution < 1.29 is 34.2 Å². The minimum atomic E-state index is -1.49. The second kappa shape index (κ2) is 14.0. The van der Waals surface area contributed by atoms with E-state index in [1.807, 2.05) is 0 Å². The lowest BCUT2D eigenvalue weighted by atomic mass is 10.1. The number of hydrogen-bond acceptors (Lipinski definition) is 8. The number of aliphatic hydroxyl groups is 1. The molecule has 0 unspecified atom stereocenters. The van der Waals surface area contributed by atoms with Gasteiger partial charge in [-0.05, 0) is 39.2 Å². The van der Waals surface area contributed by atoms with Crippen LogP contribution in [0.1, 0.15) is 39.0 Å². The Kier molecular flexibility index (Phi) is 11.8. The summed E-state index contributed by atoms with van der Waals surface area (Å²) in [4.78, 5) is 63.8. The van der Waals surface area contributed by atoms with Crippen molar-refractivity contribution >= 4 is 35.9 Å². The second-order valence-corrected chi connectivity index (χ2v) is 7.73. The first-order chi connectivity index (χ1) is 15.5. The van der Waals surface area contributed by atoms with E-state index in [-0.39, 0.29) is 18.9 Å². The number of aliphatic hydroxyl groups excluding tert-OH is 1. The summed E-state index contributed by atoms with van der Waals surface area (Å²) in [5.74, 6) is -3.79. The third kappa shape index (κ3) is 10.3. The molecule has 0 aromatic carbocycles. The predicted octanol–water partition coefficient (Wildman–Crippen LogP) is -3.70. The molecule has 1 saturated heterocycles. The average molecular weight is 472 g/mol. The molecule has 0 spiro atoms. The molecule has 1 aliphatic heterocycles. The number of carbonyl (C=O) groups excluding carboxylic acids is 4. The molecule has 186 valence electrons. The zero-order chi connectivity index (χ0) is 25.0. The van der Waals surface area contributed by atoms with E-state index in [0.717, 1.165) is 6.42 Å². The highest BCUT2D eigenvalue weighted by Gasteiger charge is 2.33. The molecule has 0 aliphatic carbocycles. The minimum absolute atomic E-state index is 0.106. The maximum Gasteiger partial charge on any atom is 0.305 e. The Morgan fingerprint density at radius 3 is 2.39 bits per heavy atom. The summed E-state index contributed by atoms with van der Waals surface area (Å²) in [6.45, 7) is 2.11. The van der Waals surface area contributed by atoms with Crippen LogP contribution >= 0.6 is 0 Å². The van der Waals surface area contributed by atoms with Crippen LogP contribution in [-0.4, -0.2) is 89.5 Å². The van der Waals surface area contributed by atoms with Crippen LogP contribution in [0, 0.1) is 0 Å². The summed E-state index contributed by atoms with van der Waals surface area (Å²) >= 11 is 0. The van der Waals surface area contributed by atoms with Crippen LogP contribution in [0.2, 0.25) is 0 Å². The van der Waals surface area contributed by atoms with Gasteiger partial charge in [0.15, 0.2) is 5.96 Å². The summed E-state index contributed by atoms with van der Waals surface area (Å²) in [6, 6.07) is -4.42. The van der Waals surface area contributed by atoms with E-state index < -0.39 is 60.4 Å². The highest BCUT2D eigenvalue weighted by molar-refractivity contribution is 5.95. The predicted molar refractivity (Wildman–Crippen MR) is 117 cm³/mol. The number of aldehydes is 1. The van der Waals surface area contributed by atoms with Crippen molar-refractivity contribution in [3.63, 3.8) is 0 Å². The van der Waals surface area contributed by atoms with Crippen molar-refractivity contribution in [3.05, 3.63) is 0 Å².